The summed E-state index contributed by atoms with van der Waals surface area (Å²) in [5, 5.41) is 7.43. The van der Waals surface area contributed by atoms with E-state index in [9.17, 15) is 9.59 Å². The fraction of sp³-hybridized carbons (Fsp3) is 0.304. The van der Waals surface area contributed by atoms with Gasteiger partial charge in [-0.25, -0.2) is 4.98 Å². The van der Waals surface area contributed by atoms with Gasteiger partial charge in [0.05, 0.1) is 23.8 Å². The van der Waals surface area contributed by atoms with Crippen molar-refractivity contribution in [2.24, 2.45) is 5.92 Å². The number of ether oxygens (including phenoxy) is 1. The van der Waals surface area contributed by atoms with E-state index in [4.69, 9.17) is 9.26 Å². The number of nitrogens with zero attached hydrogens (tertiary/aromatic N) is 2. The zero-order chi connectivity index (χ0) is 22.1. The molecule has 1 N–H and O–H groups in total. The molecule has 0 saturated heterocycles. The van der Waals surface area contributed by atoms with Crippen molar-refractivity contribution in [1.29, 1.82) is 0 Å². The molecule has 0 aliphatic carbocycles. The third-order valence-electron chi connectivity index (χ3n) is 4.50. The van der Waals surface area contributed by atoms with E-state index in [1.54, 1.807) is 25.3 Å². The molecule has 0 fully saturated rings. The number of carbonyl (C=O) groups excluding carboxylic acids is 2. The van der Waals surface area contributed by atoms with Crippen molar-refractivity contribution in [3.8, 4) is 0 Å². The molecule has 3 aromatic rings. The molecule has 7 nitrogen and oxygen atoms in total. The second-order valence-electron chi connectivity index (χ2n) is 6.92. The average Bonchev–Trinajstić information content (AvgIpc) is 3.21. The van der Waals surface area contributed by atoms with E-state index in [-0.39, 0.29) is 18.4 Å². The van der Waals surface area contributed by atoms with E-state index < -0.39 is 5.92 Å². The number of hydrogen-bond donors (Lipinski definition) is 1. The van der Waals surface area contributed by atoms with E-state index >= 15 is 0 Å². The van der Waals surface area contributed by atoms with Crippen LogP contribution < -0.4 is 5.32 Å². The molecule has 2 heterocycles. The predicted molar refractivity (Wildman–Crippen MR) is 118 cm³/mol. The molecule has 1 atom stereocenters. The molecular formula is C23H25N3O4S. The molecule has 1 aromatic carbocycles. The molecule has 0 bridgehead atoms. The molecule has 2 aromatic heterocycles. The normalized spacial score (nSPS) is 11.7. The summed E-state index contributed by atoms with van der Waals surface area (Å²) in [6, 6.07) is 15.0. The van der Waals surface area contributed by atoms with Crippen molar-refractivity contribution in [3.05, 3.63) is 77.3 Å². The van der Waals surface area contributed by atoms with Crippen LogP contribution in [0.2, 0.25) is 0 Å². The van der Waals surface area contributed by atoms with Gasteiger partial charge in [0.25, 0.3) is 5.91 Å². The summed E-state index contributed by atoms with van der Waals surface area (Å²) in [7, 11) is 0. The van der Waals surface area contributed by atoms with Gasteiger partial charge in [0.15, 0.2) is 0 Å². The maximum Gasteiger partial charge on any atom is 0.311 e. The Morgan fingerprint density at radius 1 is 1.19 bits per heavy atom. The number of hydrogen-bond acceptors (Lipinski definition) is 7. The Kier molecular flexibility index (Phi) is 8.23. The van der Waals surface area contributed by atoms with Gasteiger partial charge in [-0.2, -0.15) is 0 Å². The molecule has 1 unspecified atom stereocenters. The standard InChI is InChI=1S/C23H25N3O4S/c1-3-29-23(28)18(13-17-8-5-4-6-9-17)14-25-21(27)20-10-7-11-24-22(20)31-15-19-12-16(2)30-26-19/h4-12,18H,3,13-15H2,1-2H3,(H,25,27). The summed E-state index contributed by atoms with van der Waals surface area (Å²) in [5.74, 6) is 0.187. The van der Waals surface area contributed by atoms with Crippen molar-refractivity contribution in [1.82, 2.24) is 15.5 Å². The Bertz CT molecular complexity index is 1010. The van der Waals surface area contributed by atoms with Crippen LogP contribution in [0.1, 0.15) is 34.3 Å². The number of aryl methyl sites for hydroxylation is 1. The van der Waals surface area contributed by atoms with Crippen LogP contribution in [0.25, 0.3) is 0 Å². The Labute approximate surface area is 185 Å². The summed E-state index contributed by atoms with van der Waals surface area (Å²) in [6.45, 7) is 4.07. The molecular weight excluding hydrogens is 414 g/mol. The van der Waals surface area contributed by atoms with Gasteiger partial charge in [0.1, 0.15) is 10.8 Å². The first-order valence-electron chi connectivity index (χ1n) is 10.1. The number of nitrogens with one attached hydrogen (secondary N) is 1. The Hall–Kier alpha value is -3.13. The monoisotopic (exact) mass is 439 g/mol. The van der Waals surface area contributed by atoms with Gasteiger partial charge in [-0.1, -0.05) is 47.3 Å². The van der Waals surface area contributed by atoms with Gasteiger partial charge >= 0.3 is 5.97 Å². The van der Waals surface area contributed by atoms with Gasteiger partial charge in [0.2, 0.25) is 0 Å². The quantitative estimate of drug-likeness (QED) is 0.379. The first kappa shape index (κ1) is 22.6. The van der Waals surface area contributed by atoms with Gasteiger partial charge in [-0.15, -0.1) is 0 Å². The number of aromatic nitrogens is 2. The number of carbonyl (C=O) groups is 2. The lowest BCUT2D eigenvalue weighted by Gasteiger charge is -2.17. The second kappa shape index (κ2) is 11.3. The molecule has 162 valence electrons. The van der Waals surface area contributed by atoms with Crippen LogP contribution in [0.15, 0.2) is 64.3 Å². The number of amides is 1. The molecule has 0 spiro atoms. The van der Waals surface area contributed by atoms with Crippen LogP contribution in [0, 0.1) is 12.8 Å². The van der Waals surface area contributed by atoms with E-state index in [0.717, 1.165) is 17.0 Å². The summed E-state index contributed by atoms with van der Waals surface area (Å²) in [6.07, 6.45) is 2.13. The lowest BCUT2D eigenvalue weighted by Crippen LogP contribution is -2.35. The molecule has 0 radical (unpaired) electrons. The van der Waals surface area contributed by atoms with Crippen molar-refractivity contribution in [2.45, 2.75) is 31.0 Å². The van der Waals surface area contributed by atoms with E-state index in [0.29, 0.717) is 29.4 Å². The fourth-order valence-electron chi connectivity index (χ4n) is 3.02. The van der Waals surface area contributed by atoms with E-state index in [2.05, 4.69) is 15.5 Å². The van der Waals surface area contributed by atoms with Crippen molar-refractivity contribution < 1.29 is 18.8 Å². The highest BCUT2D eigenvalue weighted by molar-refractivity contribution is 7.98. The van der Waals surface area contributed by atoms with Crippen molar-refractivity contribution in [2.75, 3.05) is 13.2 Å². The SMILES string of the molecule is CCOC(=O)C(CNC(=O)c1cccnc1SCc1cc(C)on1)Cc1ccccc1. The lowest BCUT2D eigenvalue weighted by atomic mass is 9.99. The Morgan fingerprint density at radius 2 is 2.00 bits per heavy atom. The highest BCUT2D eigenvalue weighted by Gasteiger charge is 2.22. The number of pyridine rings is 1. The molecule has 3 rings (SSSR count). The van der Waals surface area contributed by atoms with Crippen LogP contribution >= 0.6 is 11.8 Å². The van der Waals surface area contributed by atoms with Crippen molar-refractivity contribution >= 4 is 23.6 Å². The van der Waals surface area contributed by atoms with Crippen molar-refractivity contribution in [3.63, 3.8) is 0 Å². The zero-order valence-corrected chi connectivity index (χ0v) is 18.4. The third kappa shape index (κ3) is 6.68. The topological polar surface area (TPSA) is 94.3 Å². The Balaban J connectivity index is 1.65. The van der Waals surface area contributed by atoms with Crippen LogP contribution in [0.4, 0.5) is 0 Å². The van der Waals surface area contributed by atoms with Crippen LogP contribution in [-0.2, 0) is 21.7 Å². The van der Waals surface area contributed by atoms with Crippen LogP contribution in [0.3, 0.4) is 0 Å². The van der Waals surface area contributed by atoms with E-state index in [1.165, 1.54) is 11.8 Å². The maximum absolute atomic E-state index is 12.9. The lowest BCUT2D eigenvalue weighted by molar-refractivity contribution is -0.147. The van der Waals surface area contributed by atoms with Gasteiger partial charge in [-0.3, -0.25) is 9.59 Å². The van der Waals surface area contributed by atoms with Gasteiger partial charge in [0, 0.05) is 24.6 Å². The van der Waals surface area contributed by atoms with E-state index in [1.807, 2.05) is 43.3 Å². The summed E-state index contributed by atoms with van der Waals surface area (Å²) >= 11 is 1.41. The molecule has 0 saturated carbocycles. The zero-order valence-electron chi connectivity index (χ0n) is 17.5. The minimum absolute atomic E-state index is 0.175. The third-order valence-corrected chi connectivity index (χ3v) is 5.54. The highest BCUT2D eigenvalue weighted by atomic mass is 32.2. The summed E-state index contributed by atoms with van der Waals surface area (Å²) < 4.78 is 10.3. The summed E-state index contributed by atoms with van der Waals surface area (Å²) in [5.41, 5.74) is 2.25. The first-order chi connectivity index (χ1) is 15.1. The molecule has 0 aliphatic heterocycles. The second-order valence-corrected chi connectivity index (χ2v) is 7.89. The minimum Gasteiger partial charge on any atom is -0.466 e. The molecule has 0 aliphatic rings. The molecule has 31 heavy (non-hydrogen) atoms. The number of rotatable bonds is 10. The fourth-order valence-corrected chi connectivity index (χ4v) is 3.89. The smallest absolute Gasteiger partial charge is 0.311 e. The number of esters is 1. The first-order valence-corrected chi connectivity index (χ1v) is 11.0. The predicted octanol–water partition coefficient (Wildman–Crippen LogP) is 3.82. The minimum atomic E-state index is -0.475. The Morgan fingerprint density at radius 3 is 2.71 bits per heavy atom. The van der Waals surface area contributed by atoms with Gasteiger partial charge in [-0.05, 0) is 38.0 Å². The maximum atomic E-state index is 12.9. The highest BCUT2D eigenvalue weighted by Crippen LogP contribution is 2.24. The largest absolute Gasteiger partial charge is 0.466 e. The van der Waals surface area contributed by atoms with Crippen LogP contribution in [-0.4, -0.2) is 35.2 Å². The molecule has 8 heteroatoms. The van der Waals surface area contributed by atoms with Crippen LogP contribution in [0.5, 0.6) is 0 Å². The number of thioether (sulfide) groups is 1. The molecule has 1 amide bonds. The van der Waals surface area contributed by atoms with Gasteiger partial charge < -0.3 is 14.6 Å². The summed E-state index contributed by atoms with van der Waals surface area (Å²) in [4.78, 5) is 29.6. The average molecular weight is 440 g/mol. The number of benzene rings is 1.